The van der Waals surface area contributed by atoms with Gasteiger partial charge in [0.15, 0.2) is 11.5 Å². The van der Waals surface area contributed by atoms with Gasteiger partial charge in [-0.05, 0) is 37.1 Å². The van der Waals surface area contributed by atoms with E-state index in [1.165, 1.54) is 0 Å². The maximum Gasteiger partial charge on any atom is 0.336 e. The van der Waals surface area contributed by atoms with E-state index in [9.17, 15) is 24.9 Å². The second-order valence-corrected chi connectivity index (χ2v) is 6.94. The van der Waals surface area contributed by atoms with E-state index in [0.29, 0.717) is 12.1 Å². The molecule has 0 aromatic heterocycles. The molecule has 158 valence electrons. The Hall–Kier alpha value is -3.56. The molecule has 1 aliphatic heterocycles. The van der Waals surface area contributed by atoms with Gasteiger partial charge in [-0.1, -0.05) is 12.1 Å². The molecule has 6 N–H and O–H groups in total. The van der Waals surface area contributed by atoms with Crippen molar-refractivity contribution >= 4 is 17.6 Å². The molecule has 9 nitrogen and oxygen atoms in total. The lowest BCUT2D eigenvalue weighted by Crippen LogP contribution is -2.32. The zero-order chi connectivity index (χ0) is 21.8. The van der Waals surface area contributed by atoms with Gasteiger partial charge in [0.1, 0.15) is 0 Å². The van der Waals surface area contributed by atoms with Crippen molar-refractivity contribution in [2.24, 2.45) is 0 Å². The molecule has 2 bridgehead atoms. The summed E-state index contributed by atoms with van der Waals surface area (Å²) >= 11 is 0. The van der Waals surface area contributed by atoms with Crippen molar-refractivity contribution in [1.82, 2.24) is 5.32 Å². The van der Waals surface area contributed by atoms with Gasteiger partial charge in [-0.25, -0.2) is 9.59 Å². The van der Waals surface area contributed by atoms with Crippen LogP contribution in [-0.2, 0) is 16.0 Å². The van der Waals surface area contributed by atoms with E-state index in [-0.39, 0.29) is 18.2 Å². The minimum Gasteiger partial charge on any atom is -0.504 e. The quantitative estimate of drug-likeness (QED) is 0.268. The van der Waals surface area contributed by atoms with Gasteiger partial charge in [-0.3, -0.25) is 0 Å². The molecule has 0 saturated carbocycles. The molecule has 2 aromatic rings. The molecule has 0 spiro atoms. The van der Waals surface area contributed by atoms with Gasteiger partial charge in [0.05, 0.1) is 6.10 Å². The molecule has 1 aliphatic rings. The molecular weight excluding hydrogens is 392 g/mol. The summed E-state index contributed by atoms with van der Waals surface area (Å²) in [6.07, 6.45) is 1.05. The minimum atomic E-state index is -1.24. The molecule has 2 atom stereocenters. The number of nitrogens with two attached hydrogens (primary N) is 1. The van der Waals surface area contributed by atoms with E-state index in [1.807, 2.05) is 19.1 Å². The Balaban J connectivity index is 1.76. The van der Waals surface area contributed by atoms with E-state index >= 15 is 0 Å². The number of anilines is 1. The number of phenolic OH excluding ortho intramolecular Hbond substituents is 2. The number of phenols is 2. The molecule has 3 rings (SSSR count). The predicted octanol–water partition coefficient (Wildman–Crippen LogP) is 1.31. The number of nitrogens with one attached hydrogen (secondary N) is 1. The van der Waals surface area contributed by atoms with Crippen molar-refractivity contribution in [2.75, 3.05) is 12.3 Å². The maximum atomic E-state index is 11.8. The van der Waals surface area contributed by atoms with Crippen molar-refractivity contribution in [1.29, 1.82) is 0 Å². The minimum absolute atomic E-state index is 0.0262. The molecule has 30 heavy (non-hydrogen) atoms. The molecule has 9 heteroatoms. The maximum absolute atomic E-state index is 11.8. The third-order valence-electron chi connectivity index (χ3n) is 4.52. The van der Waals surface area contributed by atoms with Gasteiger partial charge < -0.3 is 35.8 Å². The predicted molar refractivity (Wildman–Crippen MR) is 107 cm³/mol. The summed E-state index contributed by atoms with van der Waals surface area (Å²) in [5.74, 6) is -4.22. The number of hydrogen-bond acceptors (Lipinski definition) is 9. The number of carbonyl (C=O) groups excluding carboxylic acids is 2. The highest BCUT2D eigenvalue weighted by molar-refractivity contribution is 5.95. The Morgan fingerprint density at radius 3 is 2.27 bits per heavy atom. The Morgan fingerprint density at radius 1 is 1.03 bits per heavy atom. The normalized spacial score (nSPS) is 16.5. The van der Waals surface area contributed by atoms with Crippen molar-refractivity contribution in [3.8, 4) is 23.0 Å². The zero-order valence-electron chi connectivity index (χ0n) is 16.2. The highest BCUT2D eigenvalue weighted by atomic mass is 16.6. The molecule has 0 aliphatic carbocycles. The zero-order valence-corrected chi connectivity index (χ0v) is 16.2. The third kappa shape index (κ3) is 4.88. The van der Waals surface area contributed by atoms with Crippen LogP contribution in [0.2, 0.25) is 0 Å². The Labute approximate surface area is 172 Å². The smallest absolute Gasteiger partial charge is 0.336 e. The summed E-state index contributed by atoms with van der Waals surface area (Å²) in [4.78, 5) is 23.5. The van der Waals surface area contributed by atoms with Crippen molar-refractivity contribution < 1.29 is 34.4 Å². The van der Waals surface area contributed by atoms with Crippen LogP contribution in [-0.4, -0.2) is 39.8 Å². The van der Waals surface area contributed by atoms with Crippen LogP contribution in [0.4, 0.5) is 5.69 Å². The van der Waals surface area contributed by atoms with Crippen LogP contribution < -0.4 is 20.5 Å². The average molecular weight is 414 g/mol. The topological polar surface area (TPSA) is 151 Å². The number of aliphatic hydroxyl groups is 1. The lowest BCUT2D eigenvalue weighted by Gasteiger charge is -2.20. The first kappa shape index (κ1) is 21.2. The first-order valence-electron chi connectivity index (χ1n) is 9.21. The summed E-state index contributed by atoms with van der Waals surface area (Å²) in [6.45, 7) is 1.96. The Morgan fingerprint density at radius 2 is 1.63 bits per heavy atom. The van der Waals surface area contributed by atoms with Gasteiger partial charge in [0.2, 0.25) is 11.5 Å². The summed E-state index contributed by atoms with van der Waals surface area (Å²) in [5, 5.41) is 34.2. The summed E-state index contributed by atoms with van der Waals surface area (Å²) in [6, 6.07) is 8.48. The molecular formula is C21H22N2O7. The third-order valence-corrected chi connectivity index (χ3v) is 4.52. The first-order chi connectivity index (χ1) is 14.2. The van der Waals surface area contributed by atoms with E-state index in [0.717, 1.165) is 23.8 Å². The van der Waals surface area contributed by atoms with Gasteiger partial charge in [-0.2, -0.15) is 0 Å². The van der Waals surface area contributed by atoms with Gasteiger partial charge >= 0.3 is 11.9 Å². The van der Waals surface area contributed by atoms with Crippen molar-refractivity contribution in [3.63, 3.8) is 0 Å². The lowest BCUT2D eigenvalue weighted by molar-refractivity contribution is -0.131. The largest absolute Gasteiger partial charge is 0.504 e. The fraction of sp³-hybridized carbons (Fsp3) is 0.238. The van der Waals surface area contributed by atoms with Crippen molar-refractivity contribution in [2.45, 2.75) is 25.5 Å². The fourth-order valence-corrected chi connectivity index (χ4v) is 3.00. The van der Waals surface area contributed by atoms with Crippen LogP contribution in [0.15, 0.2) is 42.5 Å². The number of rotatable bonds is 6. The number of aromatic hydroxyl groups is 2. The van der Waals surface area contributed by atoms with E-state index in [1.54, 1.807) is 12.1 Å². The molecule has 0 saturated heterocycles. The monoisotopic (exact) mass is 414 g/mol. The molecule has 0 radical (unpaired) electrons. The standard InChI is InChI=1S/C21H22N2O7/c1-11(8-12-2-4-13(22)5-3-12)23-10-16(25)14-9-15(24)21-19(28)20(14)29-17(26)6-7-18(27)30-21/h2-7,9,11,16,23-25,28H,8,10,22H2,1H3/b7-6+/t11-,16+/m1/s1. The molecule has 0 unspecified atom stereocenters. The second kappa shape index (κ2) is 8.85. The molecule has 0 amide bonds. The number of ether oxygens (including phenoxy) is 2. The van der Waals surface area contributed by atoms with Crippen LogP contribution in [0, 0.1) is 0 Å². The Bertz CT molecular complexity index is 986. The van der Waals surface area contributed by atoms with Gasteiger partial charge in [0.25, 0.3) is 0 Å². The number of esters is 2. The highest BCUT2D eigenvalue weighted by Gasteiger charge is 2.28. The van der Waals surface area contributed by atoms with Crippen LogP contribution in [0.3, 0.4) is 0 Å². The molecule has 1 heterocycles. The lowest BCUT2D eigenvalue weighted by atomic mass is 10.0. The second-order valence-electron chi connectivity index (χ2n) is 6.94. The van der Waals surface area contributed by atoms with E-state index in [2.05, 4.69) is 5.32 Å². The number of aliphatic hydroxyl groups excluding tert-OH is 1. The molecule has 2 aromatic carbocycles. The average Bonchev–Trinajstić information content (AvgIpc) is 2.74. The number of nitrogen functional groups attached to an aromatic ring is 1. The first-order valence-corrected chi connectivity index (χ1v) is 9.21. The number of benzene rings is 2. The van der Waals surface area contributed by atoms with Crippen LogP contribution >= 0.6 is 0 Å². The van der Waals surface area contributed by atoms with Crippen molar-refractivity contribution in [3.05, 3.63) is 53.6 Å². The van der Waals surface area contributed by atoms with E-state index in [4.69, 9.17) is 15.2 Å². The van der Waals surface area contributed by atoms with Crippen LogP contribution in [0.5, 0.6) is 23.0 Å². The summed E-state index contributed by atoms with van der Waals surface area (Å²) in [5.41, 5.74) is 7.36. The van der Waals surface area contributed by atoms with Crippen LogP contribution in [0.1, 0.15) is 24.2 Å². The summed E-state index contributed by atoms with van der Waals surface area (Å²) < 4.78 is 9.89. The fourth-order valence-electron chi connectivity index (χ4n) is 3.00. The van der Waals surface area contributed by atoms with Gasteiger partial charge in [0, 0.05) is 36.0 Å². The number of carbonyl (C=O) groups is 2. The highest BCUT2D eigenvalue weighted by Crippen LogP contribution is 2.47. The summed E-state index contributed by atoms with van der Waals surface area (Å²) in [7, 11) is 0. The number of hydrogen-bond donors (Lipinski definition) is 5. The molecule has 0 fully saturated rings. The van der Waals surface area contributed by atoms with E-state index < -0.39 is 41.0 Å². The van der Waals surface area contributed by atoms with Crippen LogP contribution in [0.25, 0.3) is 0 Å². The number of fused-ring (bicyclic) bond motifs is 2. The Kier molecular flexibility index (Phi) is 6.24. The SMILES string of the molecule is C[C@H](Cc1ccc(N)cc1)NC[C@H](O)c1cc(O)c2c(O)c1OC(=O)/C=C/C(=O)O2. The van der Waals surface area contributed by atoms with Gasteiger partial charge in [-0.15, -0.1) is 0 Å².